The third kappa shape index (κ3) is 5.92. The van der Waals surface area contributed by atoms with Gasteiger partial charge in [-0.25, -0.2) is 0 Å². The summed E-state index contributed by atoms with van der Waals surface area (Å²) < 4.78 is 0. The lowest BCUT2D eigenvalue weighted by Crippen LogP contribution is -2.41. The van der Waals surface area contributed by atoms with Crippen molar-refractivity contribution >= 4 is 11.9 Å². The van der Waals surface area contributed by atoms with Gasteiger partial charge >= 0.3 is 0 Å². The highest BCUT2D eigenvalue weighted by Gasteiger charge is 2.14. The van der Waals surface area contributed by atoms with Gasteiger partial charge in [0.25, 0.3) is 0 Å². The van der Waals surface area contributed by atoms with E-state index in [-0.39, 0.29) is 11.8 Å². The van der Waals surface area contributed by atoms with Crippen molar-refractivity contribution in [1.82, 2.24) is 15.5 Å². The van der Waals surface area contributed by atoms with Gasteiger partial charge in [-0.05, 0) is 11.1 Å². The van der Waals surface area contributed by atoms with E-state index in [1.165, 1.54) is 11.1 Å². The fourth-order valence-corrected chi connectivity index (χ4v) is 2.73. The first-order chi connectivity index (χ1) is 12.6. The van der Waals surface area contributed by atoms with Crippen LogP contribution in [0.3, 0.4) is 0 Å². The molecule has 0 saturated carbocycles. The molecule has 0 fully saturated rings. The van der Waals surface area contributed by atoms with E-state index in [2.05, 4.69) is 64.2 Å². The van der Waals surface area contributed by atoms with Crippen LogP contribution >= 0.6 is 0 Å². The average molecular weight is 352 g/mol. The van der Waals surface area contributed by atoms with Crippen LogP contribution in [0.15, 0.2) is 65.7 Å². The summed E-state index contributed by atoms with van der Waals surface area (Å²) in [4.78, 5) is 17.5. The molecule has 0 bridgehead atoms. The van der Waals surface area contributed by atoms with E-state index in [1.807, 2.05) is 12.1 Å². The van der Waals surface area contributed by atoms with Crippen molar-refractivity contribution in [1.29, 1.82) is 0 Å². The summed E-state index contributed by atoms with van der Waals surface area (Å²) in [6.45, 7) is 1.27. The fourth-order valence-electron chi connectivity index (χ4n) is 2.73. The number of benzene rings is 2. The summed E-state index contributed by atoms with van der Waals surface area (Å²) in [6.07, 6.45) is 0.439. The number of guanidine groups is 1. The number of hydrogen-bond donors (Lipinski definition) is 2. The topological polar surface area (TPSA) is 56.7 Å². The van der Waals surface area contributed by atoms with Gasteiger partial charge in [0, 0.05) is 46.6 Å². The highest BCUT2D eigenvalue weighted by Crippen LogP contribution is 2.23. The number of amides is 1. The Labute approximate surface area is 156 Å². The standard InChI is InChI=1S/C21H28N4O/c1-22-21(23-15-14-20(26)25(2)3)24-16-19(17-10-6-4-7-11-17)18-12-8-5-9-13-18/h4-13,19H,14-16H2,1-3H3,(H2,22,23,24). The lowest BCUT2D eigenvalue weighted by atomic mass is 9.91. The van der Waals surface area contributed by atoms with E-state index in [0.717, 1.165) is 6.54 Å². The quantitative estimate of drug-likeness (QED) is 0.594. The molecule has 0 radical (unpaired) electrons. The Morgan fingerprint density at radius 1 is 0.962 bits per heavy atom. The maximum atomic E-state index is 11.7. The summed E-state index contributed by atoms with van der Waals surface area (Å²) in [7, 11) is 5.27. The number of rotatable bonds is 7. The molecule has 26 heavy (non-hydrogen) atoms. The second kappa shape index (κ2) is 10.2. The number of nitrogens with one attached hydrogen (secondary N) is 2. The zero-order valence-corrected chi connectivity index (χ0v) is 15.8. The molecule has 0 aliphatic carbocycles. The van der Waals surface area contributed by atoms with Gasteiger partial charge in [0.15, 0.2) is 5.96 Å². The van der Waals surface area contributed by atoms with Gasteiger partial charge in [-0.3, -0.25) is 9.79 Å². The van der Waals surface area contributed by atoms with Crippen LogP contribution in [0.4, 0.5) is 0 Å². The number of aliphatic imine (C=N–C) groups is 1. The second-order valence-electron chi connectivity index (χ2n) is 6.29. The van der Waals surface area contributed by atoms with Gasteiger partial charge in [-0.15, -0.1) is 0 Å². The van der Waals surface area contributed by atoms with Crippen LogP contribution in [-0.2, 0) is 4.79 Å². The summed E-state index contributed by atoms with van der Waals surface area (Å²) in [5, 5.41) is 6.59. The largest absolute Gasteiger partial charge is 0.356 e. The Hall–Kier alpha value is -2.82. The lowest BCUT2D eigenvalue weighted by molar-refractivity contribution is -0.128. The van der Waals surface area contributed by atoms with Crippen LogP contribution in [-0.4, -0.2) is 51.0 Å². The first-order valence-corrected chi connectivity index (χ1v) is 8.86. The molecule has 0 atom stereocenters. The van der Waals surface area contributed by atoms with Gasteiger partial charge in [-0.2, -0.15) is 0 Å². The summed E-state index contributed by atoms with van der Waals surface area (Å²) in [5.41, 5.74) is 2.51. The third-order valence-electron chi connectivity index (χ3n) is 4.23. The molecule has 2 aromatic carbocycles. The number of nitrogens with zero attached hydrogens (tertiary/aromatic N) is 2. The van der Waals surface area contributed by atoms with Gasteiger partial charge in [-0.1, -0.05) is 60.7 Å². The Balaban J connectivity index is 1.99. The molecule has 5 heteroatoms. The van der Waals surface area contributed by atoms with Crippen molar-refractivity contribution < 1.29 is 4.79 Å². The Bertz CT molecular complexity index is 659. The SMILES string of the molecule is CN=C(NCCC(=O)N(C)C)NCC(c1ccccc1)c1ccccc1. The van der Waals surface area contributed by atoms with Crippen LogP contribution in [0, 0.1) is 0 Å². The van der Waals surface area contributed by atoms with E-state index < -0.39 is 0 Å². The van der Waals surface area contributed by atoms with Crippen molar-refractivity contribution in [3.05, 3.63) is 71.8 Å². The Kier molecular flexibility index (Phi) is 7.68. The van der Waals surface area contributed by atoms with Gasteiger partial charge in [0.05, 0.1) is 0 Å². The number of hydrogen-bond acceptors (Lipinski definition) is 2. The average Bonchev–Trinajstić information content (AvgIpc) is 2.68. The molecule has 2 rings (SSSR count). The van der Waals surface area contributed by atoms with Crippen LogP contribution in [0.25, 0.3) is 0 Å². The van der Waals surface area contributed by atoms with Gasteiger partial charge in [0.2, 0.25) is 5.91 Å². The van der Waals surface area contributed by atoms with Gasteiger partial charge < -0.3 is 15.5 Å². The fraction of sp³-hybridized carbons (Fsp3) is 0.333. The van der Waals surface area contributed by atoms with E-state index in [1.54, 1.807) is 26.0 Å². The summed E-state index contributed by atoms with van der Waals surface area (Å²) in [6, 6.07) is 20.9. The number of carbonyl (C=O) groups is 1. The molecular formula is C21H28N4O. The first kappa shape index (κ1) is 19.5. The molecular weight excluding hydrogens is 324 g/mol. The molecule has 138 valence electrons. The van der Waals surface area contributed by atoms with E-state index in [4.69, 9.17) is 0 Å². The molecule has 0 aliphatic rings. The van der Waals surface area contributed by atoms with Crippen LogP contribution in [0.2, 0.25) is 0 Å². The molecule has 0 spiro atoms. The molecule has 1 amide bonds. The molecule has 0 aliphatic heterocycles. The van der Waals surface area contributed by atoms with Crippen molar-refractivity contribution in [2.24, 2.45) is 4.99 Å². The maximum absolute atomic E-state index is 11.7. The van der Waals surface area contributed by atoms with E-state index in [0.29, 0.717) is 18.9 Å². The summed E-state index contributed by atoms with van der Waals surface area (Å²) in [5.74, 6) is 1.02. The first-order valence-electron chi connectivity index (χ1n) is 8.86. The molecule has 2 aromatic rings. The summed E-state index contributed by atoms with van der Waals surface area (Å²) >= 11 is 0. The van der Waals surface area contributed by atoms with E-state index in [9.17, 15) is 4.79 Å². The highest BCUT2D eigenvalue weighted by molar-refractivity contribution is 5.81. The molecule has 0 heterocycles. The maximum Gasteiger partial charge on any atom is 0.223 e. The predicted molar refractivity (Wildman–Crippen MR) is 107 cm³/mol. The Morgan fingerprint density at radius 3 is 1.96 bits per heavy atom. The zero-order chi connectivity index (χ0) is 18.8. The normalized spacial score (nSPS) is 11.3. The van der Waals surface area contributed by atoms with Crippen molar-refractivity contribution in [2.45, 2.75) is 12.3 Å². The molecule has 0 aromatic heterocycles. The lowest BCUT2D eigenvalue weighted by Gasteiger charge is -2.20. The molecule has 0 unspecified atom stereocenters. The minimum absolute atomic E-state index is 0.0967. The molecule has 2 N–H and O–H groups in total. The van der Waals surface area contributed by atoms with Gasteiger partial charge in [0.1, 0.15) is 0 Å². The van der Waals surface area contributed by atoms with Crippen molar-refractivity contribution in [3.8, 4) is 0 Å². The van der Waals surface area contributed by atoms with Crippen LogP contribution in [0.5, 0.6) is 0 Å². The highest BCUT2D eigenvalue weighted by atomic mass is 16.2. The van der Waals surface area contributed by atoms with E-state index >= 15 is 0 Å². The molecule has 0 saturated heterocycles. The minimum Gasteiger partial charge on any atom is -0.356 e. The number of carbonyl (C=O) groups excluding carboxylic acids is 1. The van der Waals surface area contributed by atoms with Crippen LogP contribution in [0.1, 0.15) is 23.5 Å². The third-order valence-corrected chi connectivity index (χ3v) is 4.23. The zero-order valence-electron chi connectivity index (χ0n) is 15.8. The predicted octanol–water partition coefficient (Wildman–Crippen LogP) is 2.46. The Morgan fingerprint density at radius 2 is 1.50 bits per heavy atom. The molecule has 5 nitrogen and oxygen atoms in total. The van der Waals surface area contributed by atoms with Crippen molar-refractivity contribution in [2.75, 3.05) is 34.2 Å². The minimum atomic E-state index is 0.0967. The van der Waals surface area contributed by atoms with Crippen LogP contribution < -0.4 is 10.6 Å². The smallest absolute Gasteiger partial charge is 0.223 e. The van der Waals surface area contributed by atoms with Crippen molar-refractivity contribution in [3.63, 3.8) is 0 Å². The second-order valence-corrected chi connectivity index (χ2v) is 6.29. The monoisotopic (exact) mass is 352 g/mol.